The Morgan fingerprint density at radius 3 is 3.16 bits per heavy atom. The maximum Gasteiger partial charge on any atom is 0.142 e. The highest BCUT2D eigenvalue weighted by molar-refractivity contribution is 5.29. The molecule has 1 aromatic rings. The van der Waals surface area contributed by atoms with Crippen molar-refractivity contribution in [2.45, 2.75) is 44.2 Å². The maximum atomic E-state index is 5.75. The van der Waals surface area contributed by atoms with E-state index in [-0.39, 0.29) is 6.04 Å². The minimum Gasteiger partial charge on any atom is -0.495 e. The number of hydrogen-bond donors (Lipinski definition) is 2. The van der Waals surface area contributed by atoms with Crippen LogP contribution in [-0.4, -0.2) is 24.8 Å². The molecule has 1 fully saturated rings. The fourth-order valence-electron chi connectivity index (χ4n) is 2.52. The predicted octanol–water partition coefficient (Wildman–Crippen LogP) is 1.94. The molecule has 1 aromatic heterocycles. The van der Waals surface area contributed by atoms with Crippen LogP contribution in [0.15, 0.2) is 18.3 Å². The third kappa shape index (κ3) is 3.89. The predicted molar refractivity (Wildman–Crippen MR) is 73.7 cm³/mol. The minimum atomic E-state index is 0.00155. The number of pyridine rings is 1. The van der Waals surface area contributed by atoms with Gasteiger partial charge in [-0.15, -0.1) is 0 Å². The molecule has 2 atom stereocenters. The molecule has 1 saturated heterocycles. The summed E-state index contributed by atoms with van der Waals surface area (Å²) in [6, 6.07) is 3.77. The molecule has 19 heavy (non-hydrogen) atoms. The highest BCUT2D eigenvalue weighted by atomic mass is 16.5. The van der Waals surface area contributed by atoms with Gasteiger partial charge in [-0.05, 0) is 44.2 Å². The Labute approximate surface area is 114 Å². The zero-order valence-corrected chi connectivity index (χ0v) is 11.5. The Morgan fingerprint density at radius 1 is 1.58 bits per heavy atom. The number of aromatic nitrogens is 1. The van der Waals surface area contributed by atoms with Crippen molar-refractivity contribution >= 4 is 0 Å². The van der Waals surface area contributed by atoms with Crippen molar-refractivity contribution in [2.24, 2.45) is 5.84 Å². The summed E-state index contributed by atoms with van der Waals surface area (Å²) in [7, 11) is 1.65. The van der Waals surface area contributed by atoms with E-state index in [4.69, 9.17) is 15.3 Å². The monoisotopic (exact) mass is 265 g/mol. The SMILES string of the molecule is COc1cccnc1C(CCC1CCCCO1)NN. The maximum absolute atomic E-state index is 5.75. The van der Waals surface area contributed by atoms with Crippen molar-refractivity contribution < 1.29 is 9.47 Å². The molecule has 0 aliphatic carbocycles. The van der Waals surface area contributed by atoms with Crippen LogP contribution in [0.25, 0.3) is 0 Å². The van der Waals surface area contributed by atoms with E-state index in [1.54, 1.807) is 13.3 Å². The summed E-state index contributed by atoms with van der Waals surface area (Å²) in [5, 5.41) is 0. The molecular weight excluding hydrogens is 242 g/mol. The van der Waals surface area contributed by atoms with Gasteiger partial charge >= 0.3 is 0 Å². The summed E-state index contributed by atoms with van der Waals surface area (Å²) >= 11 is 0. The van der Waals surface area contributed by atoms with Crippen molar-refractivity contribution in [3.05, 3.63) is 24.0 Å². The standard InChI is InChI=1S/C14H23N3O2/c1-18-13-6-4-9-16-14(13)12(17-15)8-7-11-5-2-3-10-19-11/h4,6,9,11-12,17H,2-3,5,7-8,10,15H2,1H3. The van der Waals surface area contributed by atoms with Crippen LogP contribution in [0, 0.1) is 0 Å². The van der Waals surface area contributed by atoms with Crippen LogP contribution in [0.5, 0.6) is 5.75 Å². The van der Waals surface area contributed by atoms with E-state index in [1.165, 1.54) is 12.8 Å². The third-order valence-corrected chi connectivity index (χ3v) is 3.60. The van der Waals surface area contributed by atoms with Crippen molar-refractivity contribution in [1.82, 2.24) is 10.4 Å². The van der Waals surface area contributed by atoms with Crippen molar-refractivity contribution in [3.63, 3.8) is 0 Å². The van der Waals surface area contributed by atoms with E-state index in [0.717, 1.165) is 37.3 Å². The normalized spacial score (nSPS) is 21.1. The van der Waals surface area contributed by atoms with Crippen LogP contribution in [0.1, 0.15) is 43.8 Å². The molecule has 1 aliphatic heterocycles. The summed E-state index contributed by atoms with van der Waals surface area (Å²) < 4.78 is 11.1. The van der Waals surface area contributed by atoms with Gasteiger partial charge < -0.3 is 9.47 Å². The molecule has 106 valence electrons. The van der Waals surface area contributed by atoms with Gasteiger partial charge in [0.1, 0.15) is 11.4 Å². The highest BCUT2D eigenvalue weighted by Crippen LogP contribution is 2.27. The van der Waals surface area contributed by atoms with Crippen LogP contribution >= 0.6 is 0 Å². The Morgan fingerprint density at radius 2 is 2.47 bits per heavy atom. The number of methoxy groups -OCH3 is 1. The lowest BCUT2D eigenvalue weighted by Crippen LogP contribution is -2.30. The average molecular weight is 265 g/mol. The van der Waals surface area contributed by atoms with E-state index >= 15 is 0 Å². The van der Waals surface area contributed by atoms with Gasteiger partial charge in [0.05, 0.1) is 19.3 Å². The van der Waals surface area contributed by atoms with E-state index in [9.17, 15) is 0 Å². The molecule has 0 bridgehead atoms. The summed E-state index contributed by atoms with van der Waals surface area (Å²) in [4.78, 5) is 4.38. The second-order valence-corrected chi connectivity index (χ2v) is 4.88. The van der Waals surface area contributed by atoms with Gasteiger partial charge in [-0.2, -0.15) is 0 Å². The molecule has 0 radical (unpaired) electrons. The van der Waals surface area contributed by atoms with Gasteiger partial charge in [0.15, 0.2) is 0 Å². The van der Waals surface area contributed by atoms with Crippen molar-refractivity contribution in [2.75, 3.05) is 13.7 Å². The van der Waals surface area contributed by atoms with Crippen LogP contribution < -0.4 is 16.0 Å². The lowest BCUT2D eigenvalue weighted by molar-refractivity contribution is 0.00844. The molecule has 0 spiro atoms. The third-order valence-electron chi connectivity index (χ3n) is 3.60. The second kappa shape index (κ2) is 7.43. The Bertz CT molecular complexity index is 381. The van der Waals surface area contributed by atoms with Crippen molar-refractivity contribution in [1.29, 1.82) is 0 Å². The van der Waals surface area contributed by atoms with Crippen LogP contribution in [-0.2, 0) is 4.74 Å². The Hall–Kier alpha value is -1.17. The van der Waals surface area contributed by atoms with Gasteiger partial charge in [-0.3, -0.25) is 16.3 Å². The van der Waals surface area contributed by atoms with Gasteiger partial charge in [0.2, 0.25) is 0 Å². The second-order valence-electron chi connectivity index (χ2n) is 4.88. The summed E-state index contributed by atoms with van der Waals surface area (Å²) in [5.74, 6) is 6.43. The highest BCUT2D eigenvalue weighted by Gasteiger charge is 2.20. The zero-order chi connectivity index (χ0) is 13.5. The van der Waals surface area contributed by atoms with Gasteiger partial charge in [0, 0.05) is 12.8 Å². The van der Waals surface area contributed by atoms with Crippen LogP contribution in [0.4, 0.5) is 0 Å². The number of nitrogens with two attached hydrogens (primary N) is 1. The smallest absolute Gasteiger partial charge is 0.142 e. The lowest BCUT2D eigenvalue weighted by atomic mass is 10.00. The zero-order valence-electron chi connectivity index (χ0n) is 11.5. The molecule has 2 unspecified atom stereocenters. The van der Waals surface area contributed by atoms with E-state index < -0.39 is 0 Å². The number of rotatable bonds is 6. The molecule has 0 amide bonds. The van der Waals surface area contributed by atoms with E-state index in [1.807, 2.05) is 12.1 Å². The number of ether oxygens (including phenoxy) is 2. The molecule has 2 rings (SSSR count). The molecule has 1 aliphatic rings. The summed E-state index contributed by atoms with van der Waals surface area (Å²) in [6.07, 6.45) is 7.61. The quantitative estimate of drug-likeness (QED) is 0.607. The summed E-state index contributed by atoms with van der Waals surface area (Å²) in [6.45, 7) is 0.887. The van der Waals surface area contributed by atoms with Crippen molar-refractivity contribution in [3.8, 4) is 5.75 Å². The first-order valence-electron chi connectivity index (χ1n) is 6.91. The fourth-order valence-corrected chi connectivity index (χ4v) is 2.52. The lowest BCUT2D eigenvalue weighted by Gasteiger charge is -2.25. The van der Waals surface area contributed by atoms with E-state index in [2.05, 4.69) is 10.4 Å². The average Bonchev–Trinajstić information content (AvgIpc) is 2.49. The van der Waals surface area contributed by atoms with Gasteiger partial charge in [0.25, 0.3) is 0 Å². The number of nitrogens with one attached hydrogen (secondary N) is 1. The van der Waals surface area contributed by atoms with Gasteiger partial charge in [-0.1, -0.05) is 0 Å². The fraction of sp³-hybridized carbons (Fsp3) is 0.643. The first-order valence-corrected chi connectivity index (χ1v) is 6.91. The number of hydrogen-bond acceptors (Lipinski definition) is 5. The van der Waals surface area contributed by atoms with E-state index in [0.29, 0.717) is 6.10 Å². The number of nitrogens with zero attached hydrogens (tertiary/aromatic N) is 1. The van der Waals surface area contributed by atoms with Crippen LogP contribution in [0.3, 0.4) is 0 Å². The molecule has 0 aromatic carbocycles. The summed E-state index contributed by atoms with van der Waals surface area (Å²) in [5.41, 5.74) is 3.70. The topological polar surface area (TPSA) is 69.4 Å². The molecule has 5 heteroatoms. The molecule has 3 N–H and O–H groups in total. The first-order chi connectivity index (χ1) is 9.35. The molecule has 5 nitrogen and oxygen atoms in total. The Balaban J connectivity index is 1.95. The first kappa shape index (κ1) is 14.2. The number of hydrazine groups is 1. The largest absolute Gasteiger partial charge is 0.495 e. The molecule has 2 heterocycles. The molecular formula is C14H23N3O2. The minimum absolute atomic E-state index is 0.00155. The molecule has 0 saturated carbocycles. The van der Waals surface area contributed by atoms with Gasteiger partial charge in [-0.25, -0.2) is 0 Å². The van der Waals surface area contributed by atoms with Crippen LogP contribution in [0.2, 0.25) is 0 Å². The Kier molecular flexibility index (Phi) is 5.57.